The van der Waals surface area contributed by atoms with Gasteiger partial charge in [0.25, 0.3) is 5.91 Å². The molecule has 3 aromatic rings. The second-order valence-electron chi connectivity index (χ2n) is 4.01. The van der Waals surface area contributed by atoms with Gasteiger partial charge in [0, 0.05) is 18.6 Å². The molecule has 0 saturated carbocycles. The van der Waals surface area contributed by atoms with Crippen molar-refractivity contribution in [1.82, 2.24) is 9.38 Å². The van der Waals surface area contributed by atoms with Crippen molar-refractivity contribution in [2.24, 2.45) is 0 Å². The minimum absolute atomic E-state index is 0.0102. The number of rotatable bonds is 2. The molecular weight excluding hydrogens is 245 g/mol. The minimum atomic E-state index is -0.546. The van der Waals surface area contributed by atoms with Crippen molar-refractivity contribution in [3.05, 3.63) is 66.4 Å². The van der Waals surface area contributed by atoms with Gasteiger partial charge in [0.15, 0.2) is 5.65 Å². The Labute approximate surface area is 108 Å². The van der Waals surface area contributed by atoms with Crippen LogP contribution < -0.4 is 5.32 Å². The van der Waals surface area contributed by atoms with Crippen LogP contribution in [0.15, 0.2) is 55.0 Å². The van der Waals surface area contributed by atoms with Gasteiger partial charge in [-0.05, 0) is 24.3 Å². The summed E-state index contributed by atoms with van der Waals surface area (Å²) in [5, 5.41) is 2.67. The second-order valence-corrected chi connectivity index (χ2v) is 4.01. The number of carbonyl (C=O) groups is 1. The predicted molar refractivity (Wildman–Crippen MR) is 69.5 cm³/mol. The molecule has 0 atom stereocenters. The van der Waals surface area contributed by atoms with Crippen molar-refractivity contribution in [3.8, 4) is 0 Å². The topological polar surface area (TPSA) is 46.4 Å². The fourth-order valence-electron chi connectivity index (χ4n) is 1.88. The monoisotopic (exact) mass is 255 g/mol. The minimum Gasteiger partial charge on any atom is -0.319 e. The Bertz CT molecular complexity index is 751. The Morgan fingerprint density at radius 3 is 2.84 bits per heavy atom. The van der Waals surface area contributed by atoms with Crippen molar-refractivity contribution >= 4 is 17.2 Å². The number of imidazole rings is 1. The number of benzene rings is 1. The molecule has 19 heavy (non-hydrogen) atoms. The zero-order chi connectivity index (χ0) is 13.2. The molecule has 0 fully saturated rings. The summed E-state index contributed by atoms with van der Waals surface area (Å²) in [5.41, 5.74) is 1.17. The third kappa shape index (κ3) is 2.06. The van der Waals surface area contributed by atoms with Gasteiger partial charge in [-0.1, -0.05) is 12.1 Å². The molecule has 2 heterocycles. The largest absolute Gasteiger partial charge is 0.319 e. The lowest BCUT2D eigenvalue weighted by Crippen LogP contribution is -2.14. The fourth-order valence-corrected chi connectivity index (χ4v) is 1.88. The summed E-state index contributed by atoms with van der Waals surface area (Å²) in [6.07, 6.45) is 5.23. The highest BCUT2D eigenvalue weighted by Crippen LogP contribution is 2.16. The van der Waals surface area contributed by atoms with Crippen LogP contribution in [0.4, 0.5) is 10.1 Å². The Kier molecular flexibility index (Phi) is 2.72. The molecule has 0 aliphatic carbocycles. The van der Waals surface area contributed by atoms with Gasteiger partial charge >= 0.3 is 0 Å². The number of nitrogens with one attached hydrogen (secondary N) is 1. The van der Waals surface area contributed by atoms with Gasteiger partial charge in [-0.2, -0.15) is 0 Å². The average Bonchev–Trinajstić information content (AvgIpc) is 2.88. The van der Waals surface area contributed by atoms with Crippen LogP contribution in [0, 0.1) is 5.82 Å². The molecule has 1 N–H and O–H groups in total. The lowest BCUT2D eigenvalue weighted by molar-refractivity contribution is 0.102. The predicted octanol–water partition coefficient (Wildman–Crippen LogP) is 2.73. The van der Waals surface area contributed by atoms with Gasteiger partial charge in [-0.25, -0.2) is 9.37 Å². The number of amides is 1. The first-order chi connectivity index (χ1) is 9.25. The van der Waals surface area contributed by atoms with Gasteiger partial charge in [0.05, 0.1) is 11.3 Å². The van der Waals surface area contributed by atoms with Gasteiger partial charge < -0.3 is 9.72 Å². The van der Waals surface area contributed by atoms with Crippen LogP contribution in [-0.4, -0.2) is 15.3 Å². The number of hydrogen-bond acceptors (Lipinski definition) is 2. The molecule has 94 valence electrons. The molecule has 0 saturated heterocycles. The van der Waals surface area contributed by atoms with E-state index in [4.69, 9.17) is 0 Å². The molecule has 0 aliphatic heterocycles. The summed E-state index contributed by atoms with van der Waals surface area (Å²) in [6.45, 7) is 0. The van der Waals surface area contributed by atoms with Crippen LogP contribution >= 0.6 is 0 Å². The lowest BCUT2D eigenvalue weighted by atomic mass is 10.2. The Morgan fingerprint density at radius 2 is 2.00 bits per heavy atom. The standard InChI is InChI=1S/C14H10FN3O/c15-11-5-2-1-4-10(11)14(19)17-12-6-3-8-18-9-7-16-13(12)18/h1-9H,(H,17,19). The quantitative estimate of drug-likeness (QED) is 0.765. The summed E-state index contributed by atoms with van der Waals surface area (Å²) in [6, 6.07) is 9.36. The maximum absolute atomic E-state index is 13.5. The first-order valence-electron chi connectivity index (χ1n) is 5.73. The first-order valence-corrected chi connectivity index (χ1v) is 5.73. The van der Waals surface area contributed by atoms with Crippen molar-refractivity contribution in [2.45, 2.75) is 0 Å². The zero-order valence-corrected chi connectivity index (χ0v) is 9.88. The Balaban J connectivity index is 1.95. The molecule has 0 bridgehead atoms. The molecule has 1 aromatic carbocycles. The van der Waals surface area contributed by atoms with E-state index in [9.17, 15) is 9.18 Å². The number of carbonyl (C=O) groups excluding carboxylic acids is 1. The van der Waals surface area contributed by atoms with Crippen molar-refractivity contribution in [3.63, 3.8) is 0 Å². The van der Waals surface area contributed by atoms with E-state index in [2.05, 4.69) is 10.3 Å². The van der Waals surface area contributed by atoms with E-state index in [-0.39, 0.29) is 5.56 Å². The molecule has 4 nitrogen and oxygen atoms in total. The van der Waals surface area contributed by atoms with Gasteiger partial charge in [0.2, 0.25) is 0 Å². The number of anilines is 1. The second kappa shape index (κ2) is 4.53. The number of hydrogen-bond donors (Lipinski definition) is 1. The van der Waals surface area contributed by atoms with E-state index in [1.165, 1.54) is 12.1 Å². The SMILES string of the molecule is O=C(Nc1cccn2ccnc12)c1ccccc1F. The molecule has 3 rings (SSSR count). The van der Waals surface area contributed by atoms with E-state index in [1.807, 2.05) is 6.20 Å². The van der Waals surface area contributed by atoms with E-state index >= 15 is 0 Å². The number of fused-ring (bicyclic) bond motifs is 1. The van der Waals surface area contributed by atoms with E-state index < -0.39 is 11.7 Å². The van der Waals surface area contributed by atoms with Crippen LogP contribution in [-0.2, 0) is 0 Å². The van der Waals surface area contributed by atoms with Crippen molar-refractivity contribution in [2.75, 3.05) is 5.32 Å². The third-order valence-electron chi connectivity index (χ3n) is 2.79. The van der Waals surface area contributed by atoms with E-state index in [0.29, 0.717) is 11.3 Å². The Hall–Kier alpha value is -2.69. The molecule has 0 spiro atoms. The van der Waals surface area contributed by atoms with E-state index in [0.717, 1.165) is 0 Å². The maximum atomic E-state index is 13.5. The summed E-state index contributed by atoms with van der Waals surface area (Å²) < 4.78 is 15.3. The zero-order valence-electron chi connectivity index (χ0n) is 9.88. The van der Waals surface area contributed by atoms with Crippen LogP contribution in [0.3, 0.4) is 0 Å². The van der Waals surface area contributed by atoms with Crippen molar-refractivity contribution < 1.29 is 9.18 Å². The third-order valence-corrected chi connectivity index (χ3v) is 2.79. The molecule has 1 amide bonds. The van der Waals surface area contributed by atoms with Crippen LogP contribution in [0.25, 0.3) is 5.65 Å². The van der Waals surface area contributed by atoms with Gasteiger partial charge in [0.1, 0.15) is 5.82 Å². The lowest BCUT2D eigenvalue weighted by Gasteiger charge is -2.07. The number of pyridine rings is 1. The average molecular weight is 255 g/mol. The molecule has 2 aromatic heterocycles. The first kappa shape index (κ1) is 11.4. The number of aromatic nitrogens is 2. The number of halogens is 1. The highest BCUT2D eigenvalue weighted by atomic mass is 19.1. The van der Waals surface area contributed by atoms with Crippen molar-refractivity contribution in [1.29, 1.82) is 0 Å². The Morgan fingerprint density at radius 1 is 1.16 bits per heavy atom. The summed E-state index contributed by atoms with van der Waals surface area (Å²) in [4.78, 5) is 16.2. The van der Waals surface area contributed by atoms with Gasteiger partial charge in [-0.15, -0.1) is 0 Å². The molecule has 5 heteroatoms. The molecule has 0 radical (unpaired) electrons. The van der Waals surface area contributed by atoms with Crippen LogP contribution in [0.5, 0.6) is 0 Å². The van der Waals surface area contributed by atoms with E-state index in [1.54, 1.807) is 41.1 Å². The molecular formula is C14H10FN3O. The number of nitrogens with zero attached hydrogens (tertiary/aromatic N) is 2. The maximum Gasteiger partial charge on any atom is 0.258 e. The molecule has 0 unspecified atom stereocenters. The van der Waals surface area contributed by atoms with Crippen LogP contribution in [0.2, 0.25) is 0 Å². The summed E-state index contributed by atoms with van der Waals surface area (Å²) >= 11 is 0. The summed E-state index contributed by atoms with van der Waals surface area (Å²) in [5.74, 6) is -1.04. The van der Waals surface area contributed by atoms with Crippen LogP contribution in [0.1, 0.15) is 10.4 Å². The fraction of sp³-hybridized carbons (Fsp3) is 0. The smallest absolute Gasteiger partial charge is 0.258 e. The molecule has 0 aliphatic rings. The normalized spacial score (nSPS) is 10.6. The highest BCUT2D eigenvalue weighted by molar-refractivity contribution is 6.06. The van der Waals surface area contributed by atoms with Gasteiger partial charge in [-0.3, -0.25) is 4.79 Å². The summed E-state index contributed by atoms with van der Waals surface area (Å²) in [7, 11) is 0. The highest BCUT2D eigenvalue weighted by Gasteiger charge is 2.12.